The summed E-state index contributed by atoms with van der Waals surface area (Å²) in [6.07, 6.45) is 0.809. The summed E-state index contributed by atoms with van der Waals surface area (Å²) >= 11 is 5.18. The molecule has 5 heteroatoms. The fourth-order valence-electron chi connectivity index (χ4n) is 2.69. The van der Waals surface area contributed by atoms with Crippen LogP contribution in [-0.4, -0.2) is 22.5 Å². The molecule has 0 saturated carbocycles. The van der Waals surface area contributed by atoms with Crippen LogP contribution in [0.4, 0.5) is 0 Å². The van der Waals surface area contributed by atoms with E-state index in [4.69, 9.17) is 0 Å². The number of hydrogen-bond acceptors (Lipinski definition) is 3. The minimum absolute atomic E-state index is 0.459. The van der Waals surface area contributed by atoms with E-state index >= 15 is 0 Å². The van der Waals surface area contributed by atoms with Gasteiger partial charge in [-0.3, -0.25) is 4.90 Å². The summed E-state index contributed by atoms with van der Waals surface area (Å²) in [5, 5.41) is 11.4. The fraction of sp³-hybridized carbons (Fsp3) is 0.267. The summed E-state index contributed by atoms with van der Waals surface area (Å²) in [6, 6.07) is 7.73. The lowest BCUT2D eigenvalue weighted by molar-refractivity contribution is 0.0694. The van der Waals surface area contributed by atoms with Gasteiger partial charge in [0.25, 0.3) is 0 Å². The van der Waals surface area contributed by atoms with E-state index in [1.165, 1.54) is 5.56 Å². The maximum atomic E-state index is 11.2. The van der Waals surface area contributed by atoms with Crippen molar-refractivity contribution in [1.82, 2.24) is 4.90 Å². The van der Waals surface area contributed by atoms with Crippen LogP contribution >= 0.6 is 27.3 Å². The summed E-state index contributed by atoms with van der Waals surface area (Å²) in [5.41, 5.74) is 3.91. The second-order valence-corrected chi connectivity index (χ2v) is 7.26. The van der Waals surface area contributed by atoms with E-state index < -0.39 is 5.97 Å². The van der Waals surface area contributed by atoms with Crippen LogP contribution in [0.25, 0.3) is 0 Å². The third kappa shape index (κ3) is 2.80. The summed E-state index contributed by atoms with van der Waals surface area (Å²) in [5.74, 6) is -0.822. The zero-order valence-corrected chi connectivity index (χ0v) is 13.2. The molecule has 1 aromatic heterocycles. The third-order valence-corrected chi connectivity index (χ3v) is 5.16. The molecule has 1 aliphatic heterocycles. The van der Waals surface area contributed by atoms with Gasteiger partial charge in [-0.1, -0.05) is 12.1 Å². The van der Waals surface area contributed by atoms with Gasteiger partial charge in [0.2, 0.25) is 0 Å². The van der Waals surface area contributed by atoms with Crippen LogP contribution in [0, 0.1) is 0 Å². The van der Waals surface area contributed by atoms with Crippen LogP contribution in [0.15, 0.2) is 33.4 Å². The number of halogens is 1. The number of fused-ring (bicyclic) bond motifs is 1. The van der Waals surface area contributed by atoms with E-state index in [-0.39, 0.29) is 0 Å². The van der Waals surface area contributed by atoms with Crippen LogP contribution in [-0.2, 0) is 19.5 Å². The lowest BCUT2D eigenvalue weighted by Crippen LogP contribution is -2.31. The molecule has 0 bridgehead atoms. The standard InChI is InChI=1S/C15H14BrNO2S/c16-14-6-10(9-20-14)7-17-5-4-12-11(8-17)2-1-3-13(12)15(18)19/h1-3,6,9H,4-5,7-8H2,(H,18,19). The Hall–Kier alpha value is -1.17. The van der Waals surface area contributed by atoms with Crippen molar-refractivity contribution in [3.8, 4) is 0 Å². The number of carboxylic acid groups (broad SMARTS) is 1. The molecule has 104 valence electrons. The Morgan fingerprint density at radius 3 is 3.00 bits per heavy atom. The zero-order chi connectivity index (χ0) is 14.1. The zero-order valence-electron chi connectivity index (χ0n) is 10.8. The first-order valence-corrected chi connectivity index (χ1v) is 8.10. The van der Waals surface area contributed by atoms with Gasteiger partial charge in [-0.15, -0.1) is 11.3 Å². The molecular weight excluding hydrogens is 338 g/mol. The summed E-state index contributed by atoms with van der Waals surface area (Å²) in [4.78, 5) is 13.6. The van der Waals surface area contributed by atoms with E-state index in [0.717, 1.165) is 41.0 Å². The fourth-order valence-corrected chi connectivity index (χ4v) is 3.89. The molecule has 20 heavy (non-hydrogen) atoms. The number of hydrogen-bond donors (Lipinski definition) is 1. The Morgan fingerprint density at radius 1 is 1.45 bits per heavy atom. The molecule has 2 aromatic rings. The number of aromatic carboxylic acids is 1. The van der Waals surface area contributed by atoms with Crippen molar-refractivity contribution in [2.24, 2.45) is 0 Å². The quantitative estimate of drug-likeness (QED) is 0.914. The van der Waals surface area contributed by atoms with Gasteiger partial charge in [-0.05, 0) is 56.6 Å². The molecule has 0 atom stereocenters. The molecule has 0 saturated heterocycles. The summed E-state index contributed by atoms with van der Waals surface area (Å²) in [7, 11) is 0. The van der Waals surface area contributed by atoms with Gasteiger partial charge < -0.3 is 5.11 Å². The van der Waals surface area contributed by atoms with E-state index in [2.05, 4.69) is 32.3 Å². The Bertz CT molecular complexity index is 653. The van der Waals surface area contributed by atoms with E-state index in [0.29, 0.717) is 5.56 Å². The highest BCUT2D eigenvalue weighted by atomic mass is 79.9. The van der Waals surface area contributed by atoms with Crippen molar-refractivity contribution in [3.63, 3.8) is 0 Å². The van der Waals surface area contributed by atoms with Gasteiger partial charge in [0, 0.05) is 19.6 Å². The van der Waals surface area contributed by atoms with Crippen LogP contribution in [0.2, 0.25) is 0 Å². The summed E-state index contributed by atoms with van der Waals surface area (Å²) in [6.45, 7) is 2.65. The van der Waals surface area contributed by atoms with Crippen molar-refractivity contribution < 1.29 is 9.90 Å². The molecule has 2 heterocycles. The van der Waals surface area contributed by atoms with Gasteiger partial charge in [-0.25, -0.2) is 4.79 Å². The molecule has 1 aromatic carbocycles. The minimum atomic E-state index is -0.822. The molecule has 0 radical (unpaired) electrons. The average molecular weight is 352 g/mol. The molecule has 3 nitrogen and oxygen atoms in total. The predicted molar refractivity (Wildman–Crippen MR) is 83.2 cm³/mol. The molecular formula is C15H14BrNO2S. The third-order valence-electron chi connectivity index (χ3n) is 3.60. The van der Waals surface area contributed by atoms with Crippen molar-refractivity contribution in [2.75, 3.05) is 6.54 Å². The summed E-state index contributed by atoms with van der Waals surface area (Å²) < 4.78 is 1.15. The van der Waals surface area contributed by atoms with Gasteiger partial charge in [0.1, 0.15) is 0 Å². The van der Waals surface area contributed by atoms with Crippen molar-refractivity contribution in [2.45, 2.75) is 19.5 Å². The Balaban J connectivity index is 1.79. The molecule has 0 fully saturated rings. The maximum Gasteiger partial charge on any atom is 0.335 e. The van der Waals surface area contributed by atoms with Crippen LogP contribution in [0.5, 0.6) is 0 Å². The largest absolute Gasteiger partial charge is 0.478 e. The van der Waals surface area contributed by atoms with E-state index in [9.17, 15) is 9.90 Å². The van der Waals surface area contributed by atoms with E-state index in [1.54, 1.807) is 17.4 Å². The molecule has 1 N–H and O–H groups in total. The lowest BCUT2D eigenvalue weighted by atomic mass is 9.94. The Kier molecular flexibility index (Phi) is 3.92. The number of rotatable bonds is 3. The lowest BCUT2D eigenvalue weighted by Gasteiger charge is -2.29. The molecule has 0 aliphatic carbocycles. The number of carboxylic acids is 1. The number of carbonyl (C=O) groups is 1. The minimum Gasteiger partial charge on any atom is -0.478 e. The highest BCUT2D eigenvalue weighted by molar-refractivity contribution is 9.11. The molecule has 1 aliphatic rings. The molecule has 0 amide bonds. The molecule has 0 spiro atoms. The monoisotopic (exact) mass is 351 g/mol. The SMILES string of the molecule is O=C(O)c1cccc2c1CCN(Cc1csc(Br)c1)C2. The normalized spacial score (nSPS) is 15.1. The highest BCUT2D eigenvalue weighted by Gasteiger charge is 2.21. The molecule has 0 unspecified atom stereocenters. The number of nitrogens with zero attached hydrogens (tertiary/aromatic N) is 1. The van der Waals surface area contributed by atoms with Crippen LogP contribution in [0.1, 0.15) is 27.0 Å². The molecule has 3 rings (SSSR count). The second kappa shape index (κ2) is 5.68. The van der Waals surface area contributed by atoms with Crippen LogP contribution in [0.3, 0.4) is 0 Å². The van der Waals surface area contributed by atoms with Gasteiger partial charge in [0.05, 0.1) is 9.35 Å². The number of thiophene rings is 1. The van der Waals surface area contributed by atoms with Gasteiger partial charge in [0.15, 0.2) is 0 Å². The smallest absolute Gasteiger partial charge is 0.335 e. The van der Waals surface area contributed by atoms with Crippen LogP contribution < -0.4 is 0 Å². The van der Waals surface area contributed by atoms with Gasteiger partial charge in [-0.2, -0.15) is 0 Å². The maximum absolute atomic E-state index is 11.2. The van der Waals surface area contributed by atoms with Gasteiger partial charge >= 0.3 is 5.97 Å². The van der Waals surface area contributed by atoms with E-state index in [1.807, 2.05) is 12.1 Å². The second-order valence-electron chi connectivity index (χ2n) is 4.97. The Labute approximate surface area is 130 Å². The van der Waals surface area contributed by atoms with Crippen molar-refractivity contribution in [3.05, 3.63) is 55.7 Å². The topological polar surface area (TPSA) is 40.5 Å². The predicted octanol–water partition coefficient (Wildman–Crippen LogP) is 3.77. The first kappa shape index (κ1) is 13.8. The highest BCUT2D eigenvalue weighted by Crippen LogP contribution is 2.26. The first-order valence-electron chi connectivity index (χ1n) is 6.43. The average Bonchev–Trinajstić information content (AvgIpc) is 2.83. The Morgan fingerprint density at radius 2 is 2.30 bits per heavy atom. The first-order chi connectivity index (χ1) is 9.63. The number of benzene rings is 1. The van der Waals surface area contributed by atoms with Crippen molar-refractivity contribution >= 4 is 33.2 Å². The van der Waals surface area contributed by atoms with Crippen molar-refractivity contribution in [1.29, 1.82) is 0 Å².